The lowest BCUT2D eigenvalue weighted by atomic mass is 10.1. The van der Waals surface area contributed by atoms with E-state index in [0.29, 0.717) is 23.1 Å². The SMILES string of the molecule is Nc1nc(CC2C3CNC[C@H]32)nc(N)c1-c1ccc(Oc2ccccc2)cc1. The maximum absolute atomic E-state index is 6.25. The van der Waals surface area contributed by atoms with Crippen molar-refractivity contribution in [3.05, 3.63) is 60.4 Å². The van der Waals surface area contributed by atoms with Gasteiger partial charge in [-0.1, -0.05) is 30.3 Å². The molecule has 1 saturated heterocycles. The van der Waals surface area contributed by atoms with Gasteiger partial charge in [-0.2, -0.15) is 0 Å². The molecule has 0 spiro atoms. The van der Waals surface area contributed by atoms with Crippen LogP contribution >= 0.6 is 0 Å². The Hall–Kier alpha value is -3.12. The molecule has 1 aliphatic heterocycles. The molecule has 28 heavy (non-hydrogen) atoms. The van der Waals surface area contributed by atoms with Crippen molar-refractivity contribution in [3.63, 3.8) is 0 Å². The van der Waals surface area contributed by atoms with Crippen LogP contribution in [0.2, 0.25) is 0 Å². The lowest BCUT2D eigenvalue weighted by Gasteiger charge is -2.12. The molecule has 0 radical (unpaired) electrons. The fourth-order valence-electron chi connectivity index (χ4n) is 4.31. The summed E-state index contributed by atoms with van der Waals surface area (Å²) in [6.45, 7) is 2.21. The van der Waals surface area contributed by atoms with E-state index < -0.39 is 0 Å². The molecular weight excluding hydrogens is 350 g/mol. The molecule has 1 aromatic heterocycles. The molecular formula is C22H23N5O. The first-order valence-electron chi connectivity index (χ1n) is 9.65. The van der Waals surface area contributed by atoms with Crippen LogP contribution in [0, 0.1) is 17.8 Å². The van der Waals surface area contributed by atoms with Crippen molar-refractivity contribution in [2.24, 2.45) is 17.8 Å². The molecule has 5 rings (SSSR count). The van der Waals surface area contributed by atoms with Gasteiger partial charge in [0.1, 0.15) is 29.0 Å². The van der Waals surface area contributed by atoms with Crippen LogP contribution in [0.25, 0.3) is 11.1 Å². The van der Waals surface area contributed by atoms with E-state index in [4.69, 9.17) is 16.2 Å². The van der Waals surface area contributed by atoms with E-state index in [1.807, 2.05) is 54.6 Å². The largest absolute Gasteiger partial charge is 0.457 e. The van der Waals surface area contributed by atoms with Crippen molar-refractivity contribution >= 4 is 11.6 Å². The minimum atomic E-state index is 0.433. The van der Waals surface area contributed by atoms with Crippen molar-refractivity contribution in [3.8, 4) is 22.6 Å². The van der Waals surface area contributed by atoms with E-state index >= 15 is 0 Å². The summed E-state index contributed by atoms with van der Waals surface area (Å²) in [5.74, 6) is 5.36. The first kappa shape index (κ1) is 17.0. The van der Waals surface area contributed by atoms with Gasteiger partial charge in [0.25, 0.3) is 0 Å². The zero-order valence-corrected chi connectivity index (χ0v) is 15.5. The number of nitrogen functional groups attached to an aromatic ring is 2. The molecule has 3 aromatic rings. The summed E-state index contributed by atoms with van der Waals surface area (Å²) in [6.07, 6.45) is 0.857. The van der Waals surface area contributed by atoms with Gasteiger partial charge in [-0.15, -0.1) is 0 Å². The van der Waals surface area contributed by atoms with Crippen LogP contribution in [0.1, 0.15) is 5.82 Å². The molecule has 1 saturated carbocycles. The average molecular weight is 373 g/mol. The first-order chi connectivity index (χ1) is 13.7. The third kappa shape index (κ3) is 3.16. The number of nitrogens with zero attached hydrogens (tertiary/aromatic N) is 2. The Bertz CT molecular complexity index is 957. The Kier molecular flexibility index (Phi) is 4.13. The zero-order valence-electron chi connectivity index (χ0n) is 15.5. The molecule has 1 aliphatic carbocycles. The van der Waals surface area contributed by atoms with Crippen LogP contribution in [-0.2, 0) is 6.42 Å². The van der Waals surface area contributed by atoms with Gasteiger partial charge in [0.2, 0.25) is 0 Å². The van der Waals surface area contributed by atoms with Gasteiger partial charge >= 0.3 is 0 Å². The fraction of sp³-hybridized carbons (Fsp3) is 0.273. The van der Waals surface area contributed by atoms with Crippen LogP contribution in [0.3, 0.4) is 0 Å². The Morgan fingerprint density at radius 2 is 1.46 bits per heavy atom. The number of anilines is 2. The van der Waals surface area contributed by atoms with Crippen molar-refractivity contribution < 1.29 is 4.74 Å². The molecule has 6 heteroatoms. The number of para-hydroxylation sites is 1. The number of fused-ring (bicyclic) bond motifs is 1. The molecule has 2 fully saturated rings. The third-order valence-corrected chi connectivity index (χ3v) is 5.82. The lowest BCUT2D eigenvalue weighted by molar-refractivity contribution is 0.483. The summed E-state index contributed by atoms with van der Waals surface area (Å²) >= 11 is 0. The monoisotopic (exact) mass is 373 g/mol. The number of hydrogen-bond donors (Lipinski definition) is 3. The normalized spacial score (nSPS) is 22.6. The summed E-state index contributed by atoms with van der Waals surface area (Å²) in [7, 11) is 0. The predicted octanol–water partition coefficient (Wildman–Crippen LogP) is 3.11. The van der Waals surface area contributed by atoms with Gasteiger partial charge in [-0.05, 0) is 60.7 Å². The Balaban J connectivity index is 1.34. The van der Waals surface area contributed by atoms with Crippen molar-refractivity contribution in [1.82, 2.24) is 15.3 Å². The zero-order chi connectivity index (χ0) is 19.1. The van der Waals surface area contributed by atoms with Crippen molar-refractivity contribution in [1.29, 1.82) is 0 Å². The lowest BCUT2D eigenvalue weighted by Crippen LogP contribution is -2.16. The van der Waals surface area contributed by atoms with Gasteiger partial charge in [-0.25, -0.2) is 9.97 Å². The quantitative estimate of drug-likeness (QED) is 0.635. The molecule has 0 amide bonds. The number of piperidine rings is 1. The van der Waals surface area contributed by atoms with Gasteiger partial charge < -0.3 is 21.5 Å². The summed E-state index contributed by atoms with van der Waals surface area (Å²) in [5, 5.41) is 3.41. The molecule has 5 N–H and O–H groups in total. The second-order valence-electron chi connectivity index (χ2n) is 7.58. The highest BCUT2D eigenvalue weighted by molar-refractivity contribution is 5.82. The summed E-state index contributed by atoms with van der Waals surface area (Å²) in [5.41, 5.74) is 14.1. The molecule has 2 heterocycles. The first-order valence-corrected chi connectivity index (χ1v) is 9.65. The molecule has 2 aromatic carbocycles. The topological polar surface area (TPSA) is 99.1 Å². The van der Waals surface area contributed by atoms with E-state index in [0.717, 1.165) is 54.2 Å². The van der Waals surface area contributed by atoms with Gasteiger partial charge in [-0.3, -0.25) is 0 Å². The molecule has 0 bridgehead atoms. The Morgan fingerprint density at radius 3 is 2.11 bits per heavy atom. The minimum absolute atomic E-state index is 0.433. The highest BCUT2D eigenvalue weighted by atomic mass is 16.5. The molecule has 2 unspecified atom stereocenters. The Morgan fingerprint density at radius 1 is 0.857 bits per heavy atom. The van der Waals surface area contributed by atoms with Crippen LogP contribution in [0.5, 0.6) is 11.5 Å². The summed E-state index contributed by atoms with van der Waals surface area (Å²) in [4.78, 5) is 9.09. The number of rotatable bonds is 5. The molecule has 3 atom stereocenters. The molecule has 2 aliphatic rings. The maximum Gasteiger partial charge on any atom is 0.137 e. The van der Waals surface area contributed by atoms with Crippen molar-refractivity contribution in [2.45, 2.75) is 6.42 Å². The summed E-state index contributed by atoms with van der Waals surface area (Å²) < 4.78 is 5.84. The molecule has 142 valence electrons. The smallest absolute Gasteiger partial charge is 0.137 e. The van der Waals surface area contributed by atoms with Crippen LogP contribution in [0.15, 0.2) is 54.6 Å². The number of ether oxygens (including phenoxy) is 1. The highest BCUT2D eigenvalue weighted by Gasteiger charge is 2.52. The number of aromatic nitrogens is 2. The van der Waals surface area contributed by atoms with E-state index in [1.54, 1.807) is 0 Å². The number of benzene rings is 2. The third-order valence-electron chi connectivity index (χ3n) is 5.82. The fourth-order valence-corrected chi connectivity index (χ4v) is 4.31. The maximum atomic E-state index is 6.25. The summed E-state index contributed by atoms with van der Waals surface area (Å²) in [6, 6.07) is 17.3. The standard InChI is InChI=1S/C22H23N5O/c23-21-20(13-6-8-15(9-7-13)28-14-4-2-1-3-5-14)22(24)27-19(26-21)10-16-17-11-25-12-18(16)17/h1-9,16-18,25H,10-12H2,(H4,23,24,26,27)/t16?,17-,18?/m0/s1. The highest BCUT2D eigenvalue weighted by Crippen LogP contribution is 2.50. The van der Waals surface area contributed by atoms with Crippen molar-refractivity contribution in [2.75, 3.05) is 24.6 Å². The predicted molar refractivity (Wildman–Crippen MR) is 110 cm³/mol. The number of nitrogens with one attached hydrogen (secondary N) is 1. The van der Waals surface area contributed by atoms with Crippen LogP contribution in [-0.4, -0.2) is 23.1 Å². The number of nitrogens with two attached hydrogens (primary N) is 2. The number of hydrogen-bond acceptors (Lipinski definition) is 6. The van der Waals surface area contributed by atoms with Gasteiger partial charge in [0.05, 0.1) is 5.56 Å². The second kappa shape index (κ2) is 6.80. The van der Waals surface area contributed by atoms with E-state index in [2.05, 4.69) is 15.3 Å². The van der Waals surface area contributed by atoms with Crippen LogP contribution < -0.4 is 21.5 Å². The van der Waals surface area contributed by atoms with E-state index in [9.17, 15) is 0 Å². The van der Waals surface area contributed by atoms with E-state index in [1.165, 1.54) is 0 Å². The van der Waals surface area contributed by atoms with Gasteiger partial charge in [0, 0.05) is 6.42 Å². The van der Waals surface area contributed by atoms with Crippen LogP contribution in [0.4, 0.5) is 11.6 Å². The second-order valence-corrected chi connectivity index (χ2v) is 7.58. The van der Waals surface area contributed by atoms with Gasteiger partial charge in [0.15, 0.2) is 0 Å². The Labute approximate surface area is 164 Å². The van der Waals surface area contributed by atoms with E-state index in [-0.39, 0.29) is 0 Å². The molecule has 6 nitrogen and oxygen atoms in total. The minimum Gasteiger partial charge on any atom is -0.457 e. The average Bonchev–Trinajstić information content (AvgIpc) is 3.11.